The molecule has 1 aliphatic rings. The van der Waals surface area contributed by atoms with E-state index in [1.807, 2.05) is 30.3 Å². The van der Waals surface area contributed by atoms with Crippen LogP contribution < -0.4 is 10.1 Å². The molecule has 0 aromatic heterocycles. The van der Waals surface area contributed by atoms with Gasteiger partial charge in [0.25, 0.3) is 0 Å². The first-order valence-corrected chi connectivity index (χ1v) is 6.40. The maximum absolute atomic E-state index is 5.93. The molecule has 18 heavy (non-hydrogen) atoms. The Morgan fingerprint density at radius 3 is 2.72 bits per heavy atom. The number of para-hydroxylation sites is 2. The van der Waals surface area contributed by atoms with Gasteiger partial charge in [-0.15, -0.1) is 0 Å². The summed E-state index contributed by atoms with van der Waals surface area (Å²) in [5.41, 5.74) is 4.54. The van der Waals surface area contributed by atoms with Gasteiger partial charge in [0.2, 0.25) is 0 Å². The molecule has 2 aromatic carbocycles. The standard InChI is InChI=1S/C16H16NO/c1-3-6-12-11(2)9-10-15-16(12)17-13-7-4-5-8-14(13)18-15/h4-5,7-10H,3,6H2,1-2H3. The second kappa shape index (κ2) is 4.37. The lowest BCUT2D eigenvalue weighted by atomic mass is 10.00. The number of hydrogen-bond donors (Lipinski definition) is 0. The molecule has 0 aliphatic carbocycles. The Hall–Kier alpha value is -1.96. The molecule has 1 aliphatic heterocycles. The van der Waals surface area contributed by atoms with E-state index < -0.39 is 0 Å². The first kappa shape index (κ1) is 11.1. The Morgan fingerprint density at radius 1 is 1.06 bits per heavy atom. The van der Waals surface area contributed by atoms with Gasteiger partial charge in [0.15, 0.2) is 11.5 Å². The zero-order valence-corrected chi connectivity index (χ0v) is 10.7. The van der Waals surface area contributed by atoms with Gasteiger partial charge in [-0.25, -0.2) is 5.32 Å². The summed E-state index contributed by atoms with van der Waals surface area (Å²) in [6, 6.07) is 12.1. The number of aryl methyl sites for hydroxylation is 1. The molecule has 2 nitrogen and oxygen atoms in total. The monoisotopic (exact) mass is 238 g/mol. The van der Waals surface area contributed by atoms with Gasteiger partial charge in [0, 0.05) is 0 Å². The first-order valence-electron chi connectivity index (χ1n) is 6.40. The molecule has 0 fully saturated rings. The Morgan fingerprint density at radius 2 is 1.89 bits per heavy atom. The number of ether oxygens (including phenoxy) is 1. The number of benzene rings is 2. The first-order chi connectivity index (χ1) is 8.79. The summed E-state index contributed by atoms with van der Waals surface area (Å²) in [6.07, 6.45) is 2.17. The van der Waals surface area contributed by atoms with Crippen molar-refractivity contribution in [1.82, 2.24) is 5.32 Å². The fraction of sp³-hybridized carbons (Fsp3) is 0.250. The Balaban J connectivity index is 2.10. The van der Waals surface area contributed by atoms with E-state index in [1.54, 1.807) is 0 Å². The summed E-state index contributed by atoms with van der Waals surface area (Å²) in [7, 11) is 0. The molecule has 0 atom stereocenters. The molecule has 0 amide bonds. The molecule has 2 aromatic rings. The van der Waals surface area contributed by atoms with Crippen LogP contribution in [-0.4, -0.2) is 0 Å². The molecule has 91 valence electrons. The van der Waals surface area contributed by atoms with Crippen LogP contribution in [0.2, 0.25) is 0 Å². The van der Waals surface area contributed by atoms with Gasteiger partial charge < -0.3 is 4.74 Å². The van der Waals surface area contributed by atoms with Crippen LogP contribution >= 0.6 is 0 Å². The molecule has 0 spiro atoms. The smallest absolute Gasteiger partial charge is 0.153 e. The highest BCUT2D eigenvalue weighted by atomic mass is 16.5. The molecule has 2 heteroatoms. The summed E-state index contributed by atoms with van der Waals surface area (Å²) in [5.74, 6) is 1.72. The summed E-state index contributed by atoms with van der Waals surface area (Å²) < 4.78 is 5.93. The van der Waals surface area contributed by atoms with E-state index in [0.29, 0.717) is 0 Å². The molecule has 1 heterocycles. The van der Waals surface area contributed by atoms with Crippen LogP contribution in [0.3, 0.4) is 0 Å². The Kier molecular flexibility index (Phi) is 2.71. The van der Waals surface area contributed by atoms with Gasteiger partial charge in [-0.05, 0) is 42.7 Å². The second-order valence-corrected chi connectivity index (χ2v) is 4.64. The predicted octanol–water partition coefficient (Wildman–Crippen LogP) is 4.62. The Bertz CT molecular complexity index is 590. The summed E-state index contributed by atoms with van der Waals surface area (Å²) in [6.45, 7) is 4.33. The van der Waals surface area contributed by atoms with E-state index in [2.05, 4.69) is 19.9 Å². The van der Waals surface area contributed by atoms with Crippen molar-refractivity contribution in [3.05, 3.63) is 47.5 Å². The number of fused-ring (bicyclic) bond motifs is 2. The topological polar surface area (TPSA) is 23.3 Å². The van der Waals surface area contributed by atoms with E-state index in [0.717, 1.165) is 35.7 Å². The predicted molar refractivity (Wildman–Crippen MR) is 73.1 cm³/mol. The number of hydrogen-bond acceptors (Lipinski definition) is 1. The van der Waals surface area contributed by atoms with E-state index >= 15 is 0 Å². The van der Waals surface area contributed by atoms with Gasteiger partial charge in [0.1, 0.15) is 11.4 Å². The lowest BCUT2D eigenvalue weighted by Crippen LogP contribution is -2.06. The molecule has 1 radical (unpaired) electrons. The zero-order chi connectivity index (χ0) is 12.5. The van der Waals surface area contributed by atoms with Gasteiger partial charge in [-0.2, -0.15) is 0 Å². The fourth-order valence-electron chi connectivity index (χ4n) is 2.36. The normalized spacial score (nSPS) is 12.1. The summed E-state index contributed by atoms with van der Waals surface area (Å²) in [5, 5.41) is 4.76. The van der Waals surface area contributed by atoms with Gasteiger partial charge in [-0.1, -0.05) is 31.5 Å². The minimum absolute atomic E-state index is 0.844. The van der Waals surface area contributed by atoms with Crippen molar-refractivity contribution in [2.24, 2.45) is 0 Å². The van der Waals surface area contributed by atoms with E-state index in [9.17, 15) is 0 Å². The van der Waals surface area contributed by atoms with Crippen LogP contribution in [0.4, 0.5) is 11.4 Å². The largest absolute Gasteiger partial charge is 0.453 e. The van der Waals surface area contributed by atoms with Crippen LogP contribution in [0.25, 0.3) is 0 Å². The lowest BCUT2D eigenvalue weighted by molar-refractivity contribution is 0.470. The van der Waals surface area contributed by atoms with E-state index in [4.69, 9.17) is 10.1 Å². The molecule has 0 unspecified atom stereocenters. The van der Waals surface area contributed by atoms with Crippen molar-refractivity contribution in [3.8, 4) is 11.5 Å². The van der Waals surface area contributed by atoms with Crippen LogP contribution in [0, 0.1) is 6.92 Å². The average molecular weight is 238 g/mol. The summed E-state index contributed by atoms with van der Waals surface area (Å²) in [4.78, 5) is 0. The maximum Gasteiger partial charge on any atom is 0.153 e. The van der Waals surface area contributed by atoms with Gasteiger partial charge in [0.05, 0.1) is 0 Å². The zero-order valence-electron chi connectivity index (χ0n) is 10.7. The molecule has 0 bridgehead atoms. The lowest BCUT2D eigenvalue weighted by Gasteiger charge is -2.23. The molecule has 0 saturated carbocycles. The van der Waals surface area contributed by atoms with Crippen LogP contribution in [0.5, 0.6) is 11.5 Å². The van der Waals surface area contributed by atoms with Gasteiger partial charge >= 0.3 is 0 Å². The number of rotatable bonds is 2. The SMILES string of the molecule is CCCc1c(C)ccc2c1[N]c1ccccc1O2. The molecular formula is C16H16NO. The summed E-state index contributed by atoms with van der Waals surface area (Å²) >= 11 is 0. The third-order valence-corrected chi connectivity index (χ3v) is 3.30. The minimum Gasteiger partial charge on any atom is -0.453 e. The Labute approximate surface area is 108 Å². The minimum atomic E-state index is 0.844. The van der Waals surface area contributed by atoms with Crippen molar-refractivity contribution >= 4 is 11.4 Å². The molecule has 3 rings (SSSR count). The highest BCUT2D eigenvalue weighted by molar-refractivity contribution is 5.71. The molecule has 0 saturated heterocycles. The molecule has 0 N–H and O–H groups in total. The average Bonchev–Trinajstić information content (AvgIpc) is 2.40. The second-order valence-electron chi connectivity index (χ2n) is 4.64. The van der Waals surface area contributed by atoms with E-state index in [1.165, 1.54) is 11.1 Å². The van der Waals surface area contributed by atoms with Crippen LogP contribution in [0.1, 0.15) is 24.5 Å². The third kappa shape index (κ3) is 1.74. The van der Waals surface area contributed by atoms with Gasteiger partial charge in [-0.3, -0.25) is 0 Å². The van der Waals surface area contributed by atoms with Crippen molar-refractivity contribution in [3.63, 3.8) is 0 Å². The van der Waals surface area contributed by atoms with Crippen LogP contribution in [-0.2, 0) is 6.42 Å². The van der Waals surface area contributed by atoms with Crippen molar-refractivity contribution in [2.75, 3.05) is 0 Å². The van der Waals surface area contributed by atoms with Crippen molar-refractivity contribution < 1.29 is 4.74 Å². The molecular weight excluding hydrogens is 222 g/mol. The fourth-order valence-corrected chi connectivity index (χ4v) is 2.36. The van der Waals surface area contributed by atoms with Crippen molar-refractivity contribution in [2.45, 2.75) is 26.7 Å². The third-order valence-electron chi connectivity index (χ3n) is 3.30. The highest BCUT2D eigenvalue weighted by Crippen LogP contribution is 2.44. The van der Waals surface area contributed by atoms with Crippen LogP contribution in [0.15, 0.2) is 36.4 Å². The number of nitrogens with zero attached hydrogens (tertiary/aromatic N) is 1. The quantitative estimate of drug-likeness (QED) is 0.639. The van der Waals surface area contributed by atoms with E-state index in [-0.39, 0.29) is 0 Å². The van der Waals surface area contributed by atoms with Crippen molar-refractivity contribution in [1.29, 1.82) is 0 Å². The highest BCUT2D eigenvalue weighted by Gasteiger charge is 2.21. The maximum atomic E-state index is 5.93.